The Bertz CT molecular complexity index is 794. The molecule has 3 aromatic rings. The van der Waals surface area contributed by atoms with E-state index in [0.29, 0.717) is 13.0 Å². The molecule has 1 aromatic carbocycles. The van der Waals surface area contributed by atoms with Gasteiger partial charge in [-0.05, 0) is 24.3 Å². The zero-order valence-corrected chi connectivity index (χ0v) is 13.8. The first kappa shape index (κ1) is 16.2. The molecule has 2 amide bonds. The van der Waals surface area contributed by atoms with Gasteiger partial charge in [-0.25, -0.2) is 4.98 Å². The third-order valence-corrected chi connectivity index (χ3v) is 4.48. The predicted molar refractivity (Wildman–Crippen MR) is 92.0 cm³/mol. The molecular formula is C17H17N3O3S. The highest BCUT2D eigenvalue weighted by Gasteiger charge is 2.09. The third-order valence-electron chi connectivity index (χ3n) is 3.38. The number of amides is 2. The van der Waals surface area contributed by atoms with Crippen LogP contribution in [-0.2, 0) is 11.2 Å². The Balaban J connectivity index is 1.36. The van der Waals surface area contributed by atoms with Crippen LogP contribution in [0.2, 0.25) is 0 Å². The van der Waals surface area contributed by atoms with Crippen LogP contribution < -0.4 is 10.6 Å². The summed E-state index contributed by atoms with van der Waals surface area (Å²) in [5.41, 5.74) is 0.990. The number of carbonyl (C=O) groups is 2. The Morgan fingerprint density at radius 3 is 2.75 bits per heavy atom. The maximum absolute atomic E-state index is 11.8. The minimum absolute atomic E-state index is 0.101. The van der Waals surface area contributed by atoms with Gasteiger partial charge in [0, 0.05) is 25.9 Å². The second-order valence-electron chi connectivity index (χ2n) is 5.16. The van der Waals surface area contributed by atoms with E-state index in [-0.39, 0.29) is 30.5 Å². The topological polar surface area (TPSA) is 84.2 Å². The van der Waals surface area contributed by atoms with Crippen LogP contribution in [0.3, 0.4) is 0 Å². The molecule has 6 nitrogen and oxygen atoms in total. The number of hydrogen-bond donors (Lipinski definition) is 2. The Morgan fingerprint density at radius 1 is 1.08 bits per heavy atom. The Kier molecular flexibility index (Phi) is 5.22. The molecule has 124 valence electrons. The van der Waals surface area contributed by atoms with E-state index in [2.05, 4.69) is 15.6 Å². The molecule has 24 heavy (non-hydrogen) atoms. The number of nitrogens with one attached hydrogen (secondary N) is 2. The molecule has 0 atom stereocenters. The molecule has 2 aromatic heterocycles. The van der Waals surface area contributed by atoms with Gasteiger partial charge in [-0.15, -0.1) is 11.3 Å². The molecule has 0 unspecified atom stereocenters. The largest absolute Gasteiger partial charge is 0.459 e. The van der Waals surface area contributed by atoms with Crippen LogP contribution in [0.4, 0.5) is 0 Å². The minimum atomic E-state index is -0.317. The van der Waals surface area contributed by atoms with E-state index in [1.165, 1.54) is 6.26 Å². The van der Waals surface area contributed by atoms with Crippen molar-refractivity contribution < 1.29 is 14.0 Å². The van der Waals surface area contributed by atoms with Gasteiger partial charge < -0.3 is 15.1 Å². The number of para-hydroxylation sites is 1. The molecular weight excluding hydrogens is 326 g/mol. The fraction of sp³-hybridized carbons (Fsp3) is 0.235. The summed E-state index contributed by atoms with van der Waals surface area (Å²) in [5, 5.41) is 6.48. The van der Waals surface area contributed by atoms with E-state index in [4.69, 9.17) is 4.42 Å². The van der Waals surface area contributed by atoms with Crippen molar-refractivity contribution in [2.45, 2.75) is 12.8 Å². The van der Waals surface area contributed by atoms with Gasteiger partial charge in [-0.1, -0.05) is 12.1 Å². The van der Waals surface area contributed by atoms with Gasteiger partial charge in [-0.2, -0.15) is 0 Å². The van der Waals surface area contributed by atoms with Crippen molar-refractivity contribution in [1.82, 2.24) is 15.6 Å². The first-order chi connectivity index (χ1) is 11.7. The maximum Gasteiger partial charge on any atom is 0.286 e. The zero-order chi connectivity index (χ0) is 16.8. The Morgan fingerprint density at radius 2 is 1.96 bits per heavy atom. The van der Waals surface area contributed by atoms with E-state index in [1.54, 1.807) is 23.5 Å². The lowest BCUT2D eigenvalue weighted by Gasteiger charge is -2.05. The average Bonchev–Trinajstić information content (AvgIpc) is 3.24. The molecule has 3 rings (SSSR count). The molecule has 7 heteroatoms. The van der Waals surface area contributed by atoms with E-state index >= 15 is 0 Å². The van der Waals surface area contributed by atoms with Gasteiger partial charge in [0.05, 0.1) is 21.5 Å². The van der Waals surface area contributed by atoms with Crippen LogP contribution >= 0.6 is 11.3 Å². The number of fused-ring (bicyclic) bond motifs is 1. The standard InChI is InChI=1S/C17H17N3O3S/c21-15(7-9-19-17(22)13-5-3-11-23-13)18-10-8-16-20-12-4-1-2-6-14(12)24-16/h1-6,11H,7-10H2,(H,18,21)(H,19,22). The number of thiazole rings is 1. The highest BCUT2D eigenvalue weighted by molar-refractivity contribution is 7.18. The molecule has 0 aliphatic carbocycles. The lowest BCUT2D eigenvalue weighted by molar-refractivity contribution is -0.120. The highest BCUT2D eigenvalue weighted by atomic mass is 32.1. The van der Waals surface area contributed by atoms with Crippen LogP contribution in [-0.4, -0.2) is 29.9 Å². The molecule has 2 N–H and O–H groups in total. The van der Waals surface area contributed by atoms with Crippen LogP contribution in [0.15, 0.2) is 47.1 Å². The van der Waals surface area contributed by atoms with Gasteiger partial charge in [0.25, 0.3) is 5.91 Å². The van der Waals surface area contributed by atoms with Crippen molar-refractivity contribution in [2.24, 2.45) is 0 Å². The molecule has 2 heterocycles. The van der Waals surface area contributed by atoms with Crippen molar-refractivity contribution in [3.8, 4) is 0 Å². The predicted octanol–water partition coefficient (Wildman–Crippen LogP) is 2.37. The summed E-state index contributed by atoms with van der Waals surface area (Å²) < 4.78 is 6.13. The number of nitrogens with zero attached hydrogens (tertiary/aromatic N) is 1. The number of benzene rings is 1. The van der Waals surface area contributed by atoms with Gasteiger partial charge in [-0.3, -0.25) is 9.59 Å². The first-order valence-corrected chi connectivity index (χ1v) is 8.47. The van der Waals surface area contributed by atoms with Crippen LogP contribution in [0.1, 0.15) is 22.0 Å². The summed E-state index contributed by atoms with van der Waals surface area (Å²) in [5.74, 6) is -0.177. The fourth-order valence-corrected chi connectivity index (χ4v) is 3.18. The quantitative estimate of drug-likeness (QED) is 0.690. The van der Waals surface area contributed by atoms with Gasteiger partial charge in [0.2, 0.25) is 5.91 Å². The zero-order valence-electron chi connectivity index (χ0n) is 13.0. The molecule has 0 radical (unpaired) electrons. The van der Waals surface area contributed by atoms with Gasteiger partial charge >= 0.3 is 0 Å². The second kappa shape index (κ2) is 7.74. The Hall–Kier alpha value is -2.67. The van der Waals surface area contributed by atoms with Crippen LogP contribution in [0, 0.1) is 0 Å². The molecule has 0 saturated carbocycles. The molecule has 0 aliphatic rings. The lowest BCUT2D eigenvalue weighted by Crippen LogP contribution is -2.31. The highest BCUT2D eigenvalue weighted by Crippen LogP contribution is 2.21. The smallest absolute Gasteiger partial charge is 0.286 e. The minimum Gasteiger partial charge on any atom is -0.459 e. The Labute approximate surface area is 142 Å². The monoisotopic (exact) mass is 343 g/mol. The third kappa shape index (κ3) is 4.20. The maximum atomic E-state index is 11.8. The van der Waals surface area contributed by atoms with Crippen LogP contribution in [0.5, 0.6) is 0 Å². The van der Waals surface area contributed by atoms with E-state index < -0.39 is 0 Å². The van der Waals surface area contributed by atoms with E-state index in [0.717, 1.165) is 15.2 Å². The second-order valence-corrected chi connectivity index (χ2v) is 6.27. The number of hydrogen-bond acceptors (Lipinski definition) is 5. The summed E-state index contributed by atoms with van der Waals surface area (Å²) in [4.78, 5) is 27.9. The molecule has 0 spiro atoms. The number of aromatic nitrogens is 1. The SMILES string of the molecule is O=C(CCNC(=O)c1ccco1)NCCc1nc2ccccc2s1. The van der Waals surface area contributed by atoms with Crippen molar-refractivity contribution in [3.63, 3.8) is 0 Å². The first-order valence-electron chi connectivity index (χ1n) is 7.65. The van der Waals surface area contributed by atoms with E-state index in [9.17, 15) is 9.59 Å². The van der Waals surface area contributed by atoms with Crippen molar-refractivity contribution in [1.29, 1.82) is 0 Å². The molecule has 0 bridgehead atoms. The summed E-state index contributed by atoms with van der Waals surface area (Å²) in [6.07, 6.45) is 2.36. The average molecular weight is 343 g/mol. The van der Waals surface area contributed by atoms with Gasteiger partial charge in [0.15, 0.2) is 5.76 Å². The fourth-order valence-electron chi connectivity index (χ4n) is 2.21. The molecule has 0 aliphatic heterocycles. The molecule has 0 saturated heterocycles. The van der Waals surface area contributed by atoms with Gasteiger partial charge in [0.1, 0.15) is 0 Å². The summed E-state index contributed by atoms with van der Waals surface area (Å²) in [7, 11) is 0. The summed E-state index contributed by atoms with van der Waals surface area (Å²) in [6, 6.07) is 11.2. The van der Waals surface area contributed by atoms with E-state index in [1.807, 2.05) is 24.3 Å². The summed E-state index contributed by atoms with van der Waals surface area (Å²) in [6.45, 7) is 0.803. The van der Waals surface area contributed by atoms with Crippen molar-refractivity contribution >= 4 is 33.4 Å². The van der Waals surface area contributed by atoms with Crippen molar-refractivity contribution in [2.75, 3.05) is 13.1 Å². The lowest BCUT2D eigenvalue weighted by atomic mass is 10.3. The number of carbonyl (C=O) groups excluding carboxylic acids is 2. The number of furan rings is 1. The van der Waals surface area contributed by atoms with Crippen LogP contribution in [0.25, 0.3) is 10.2 Å². The summed E-state index contributed by atoms with van der Waals surface area (Å²) >= 11 is 1.64. The number of rotatable bonds is 7. The van der Waals surface area contributed by atoms with Crippen molar-refractivity contribution in [3.05, 3.63) is 53.4 Å². The normalized spacial score (nSPS) is 10.7. The molecule has 0 fully saturated rings.